The van der Waals surface area contributed by atoms with Crippen LogP contribution in [0.3, 0.4) is 0 Å². The number of sulfone groups is 1. The molecule has 1 saturated heterocycles. The van der Waals surface area contributed by atoms with Gasteiger partial charge in [-0.3, -0.25) is 4.79 Å². The first-order chi connectivity index (χ1) is 6.85. The molecule has 4 nitrogen and oxygen atoms in total. The van der Waals surface area contributed by atoms with Crippen LogP contribution in [0.25, 0.3) is 0 Å². The second-order valence-electron chi connectivity index (χ2n) is 4.14. The average molecular weight is 254 g/mol. The molecule has 6 heteroatoms. The van der Waals surface area contributed by atoms with E-state index in [-0.39, 0.29) is 11.9 Å². The molecule has 0 N–H and O–H groups in total. The summed E-state index contributed by atoms with van der Waals surface area (Å²) in [4.78, 5) is 13.3. The number of carbonyl (C=O) groups excluding carboxylic acids is 1. The molecule has 1 aliphatic heterocycles. The Balaban J connectivity index is 2.68. The maximum Gasteiger partial charge on any atom is 0.238 e. The highest BCUT2D eigenvalue weighted by atomic mass is 35.5. The molecule has 0 radical (unpaired) electrons. The number of halogens is 1. The van der Waals surface area contributed by atoms with Gasteiger partial charge in [0.2, 0.25) is 5.91 Å². The number of alkyl halides is 1. The minimum Gasteiger partial charge on any atom is -0.337 e. The summed E-state index contributed by atoms with van der Waals surface area (Å²) in [6.45, 7) is 2.65. The number of hydrogen-bond acceptors (Lipinski definition) is 3. The van der Waals surface area contributed by atoms with Crippen LogP contribution in [0.5, 0.6) is 0 Å². The molecule has 0 aliphatic carbocycles. The van der Waals surface area contributed by atoms with Crippen molar-refractivity contribution in [1.82, 2.24) is 4.90 Å². The zero-order chi connectivity index (χ0) is 11.6. The van der Waals surface area contributed by atoms with E-state index in [1.54, 1.807) is 4.90 Å². The summed E-state index contributed by atoms with van der Waals surface area (Å²) in [7, 11) is -3.24. The van der Waals surface area contributed by atoms with Gasteiger partial charge in [-0.25, -0.2) is 8.42 Å². The van der Waals surface area contributed by atoms with Gasteiger partial charge in [0.1, 0.15) is 5.75 Å². The second-order valence-corrected chi connectivity index (χ2v) is 6.59. The van der Waals surface area contributed by atoms with Gasteiger partial charge in [-0.2, -0.15) is 0 Å². The Kier molecular flexibility index (Phi) is 4.00. The average Bonchev–Trinajstić information content (AvgIpc) is 2.43. The quantitative estimate of drug-likeness (QED) is 0.689. The van der Waals surface area contributed by atoms with E-state index in [0.29, 0.717) is 18.3 Å². The molecule has 0 aromatic carbocycles. The summed E-state index contributed by atoms with van der Waals surface area (Å²) in [5.74, 6) is -0.0115. The molecule has 0 aromatic rings. The molecular weight excluding hydrogens is 238 g/mol. The first kappa shape index (κ1) is 12.8. The van der Waals surface area contributed by atoms with Crippen molar-refractivity contribution in [2.75, 3.05) is 24.4 Å². The Bertz CT molecular complexity index is 341. The van der Waals surface area contributed by atoms with Crippen molar-refractivity contribution in [1.29, 1.82) is 0 Å². The molecule has 0 bridgehead atoms. The lowest BCUT2D eigenvalue weighted by Crippen LogP contribution is -2.41. The Morgan fingerprint density at radius 1 is 1.53 bits per heavy atom. The van der Waals surface area contributed by atoms with Crippen molar-refractivity contribution in [2.24, 2.45) is 5.92 Å². The minimum atomic E-state index is -3.24. The Hall–Kier alpha value is -0.290. The lowest BCUT2D eigenvalue weighted by atomic mass is 10.1. The summed E-state index contributed by atoms with van der Waals surface area (Å²) >= 11 is 5.77. The van der Waals surface area contributed by atoms with Crippen LogP contribution < -0.4 is 0 Å². The van der Waals surface area contributed by atoms with Crippen LogP contribution in [-0.4, -0.2) is 49.7 Å². The number of nitrogens with zero attached hydrogens (tertiary/aromatic N) is 1. The summed E-state index contributed by atoms with van der Waals surface area (Å²) in [6, 6.07) is -0.0130. The van der Waals surface area contributed by atoms with Gasteiger partial charge in [-0.15, -0.1) is 11.6 Å². The van der Waals surface area contributed by atoms with E-state index in [1.807, 2.05) is 6.92 Å². The second kappa shape index (κ2) is 4.70. The molecule has 0 aromatic heterocycles. The van der Waals surface area contributed by atoms with Crippen molar-refractivity contribution in [3.63, 3.8) is 0 Å². The molecule has 2 unspecified atom stereocenters. The van der Waals surface area contributed by atoms with E-state index in [0.717, 1.165) is 12.7 Å². The largest absolute Gasteiger partial charge is 0.337 e. The normalized spacial score (nSPS) is 27.0. The molecule has 1 aliphatic rings. The van der Waals surface area contributed by atoms with Gasteiger partial charge >= 0.3 is 0 Å². The fourth-order valence-corrected chi connectivity index (χ4v) is 2.95. The molecule has 1 amide bonds. The predicted molar refractivity (Wildman–Crippen MR) is 59.7 cm³/mol. The van der Waals surface area contributed by atoms with Gasteiger partial charge in [0.05, 0.1) is 0 Å². The number of hydrogen-bond donors (Lipinski definition) is 0. The molecule has 0 spiro atoms. The van der Waals surface area contributed by atoms with Crippen LogP contribution in [0.2, 0.25) is 0 Å². The van der Waals surface area contributed by atoms with Gasteiger partial charge < -0.3 is 4.90 Å². The summed E-state index contributed by atoms with van der Waals surface area (Å²) in [5.41, 5.74) is 0. The standard InChI is InChI=1S/C9H16ClNO3S/c1-7-3-4-11(8(7)5-10)9(12)6-15(2,13)14/h7-8H,3-6H2,1-2H3. The molecule has 15 heavy (non-hydrogen) atoms. The molecule has 1 fully saturated rings. The maximum atomic E-state index is 11.7. The third-order valence-electron chi connectivity index (χ3n) is 2.75. The maximum absolute atomic E-state index is 11.7. The number of likely N-dealkylation sites (tertiary alicyclic amines) is 1. The van der Waals surface area contributed by atoms with E-state index in [4.69, 9.17) is 11.6 Å². The molecule has 88 valence electrons. The summed E-state index contributed by atoms with van der Waals surface area (Å²) < 4.78 is 22.0. The van der Waals surface area contributed by atoms with Gasteiger partial charge in [-0.1, -0.05) is 6.92 Å². The van der Waals surface area contributed by atoms with E-state index in [1.165, 1.54) is 0 Å². The third-order valence-corrected chi connectivity index (χ3v) is 3.83. The highest BCUT2D eigenvalue weighted by molar-refractivity contribution is 7.91. The van der Waals surface area contributed by atoms with Crippen LogP contribution in [0.15, 0.2) is 0 Å². The van der Waals surface area contributed by atoms with Crippen LogP contribution in [-0.2, 0) is 14.6 Å². The van der Waals surface area contributed by atoms with E-state index < -0.39 is 15.6 Å². The Morgan fingerprint density at radius 2 is 2.13 bits per heavy atom. The Morgan fingerprint density at radius 3 is 2.60 bits per heavy atom. The number of amides is 1. The SMILES string of the molecule is CC1CCN(C(=O)CS(C)(=O)=O)C1CCl. The molecule has 1 rings (SSSR count). The molecular formula is C9H16ClNO3S. The lowest BCUT2D eigenvalue weighted by Gasteiger charge is -2.24. The number of carbonyl (C=O) groups is 1. The molecule has 2 atom stereocenters. The topological polar surface area (TPSA) is 54.5 Å². The zero-order valence-electron chi connectivity index (χ0n) is 8.94. The zero-order valence-corrected chi connectivity index (χ0v) is 10.5. The monoisotopic (exact) mass is 253 g/mol. The Labute approximate surface area is 95.5 Å². The van der Waals surface area contributed by atoms with Crippen LogP contribution in [0, 0.1) is 5.92 Å². The predicted octanol–water partition coefficient (Wildman–Crippen LogP) is 0.507. The van der Waals surface area contributed by atoms with E-state index in [2.05, 4.69) is 0 Å². The molecule has 0 saturated carbocycles. The van der Waals surface area contributed by atoms with Crippen molar-refractivity contribution in [3.8, 4) is 0 Å². The number of rotatable bonds is 3. The van der Waals surface area contributed by atoms with Gasteiger partial charge in [0.15, 0.2) is 9.84 Å². The highest BCUT2D eigenvalue weighted by Gasteiger charge is 2.34. The van der Waals surface area contributed by atoms with Crippen LogP contribution in [0.4, 0.5) is 0 Å². The van der Waals surface area contributed by atoms with Gasteiger partial charge in [0.25, 0.3) is 0 Å². The summed E-state index contributed by atoms with van der Waals surface area (Å²) in [6.07, 6.45) is 1.97. The highest BCUT2D eigenvalue weighted by Crippen LogP contribution is 2.24. The smallest absolute Gasteiger partial charge is 0.238 e. The van der Waals surface area contributed by atoms with Gasteiger partial charge in [-0.05, 0) is 12.3 Å². The van der Waals surface area contributed by atoms with E-state index >= 15 is 0 Å². The fraction of sp³-hybridized carbons (Fsp3) is 0.889. The van der Waals surface area contributed by atoms with Crippen LogP contribution in [0.1, 0.15) is 13.3 Å². The van der Waals surface area contributed by atoms with Gasteiger partial charge in [0, 0.05) is 24.7 Å². The van der Waals surface area contributed by atoms with Crippen molar-refractivity contribution in [2.45, 2.75) is 19.4 Å². The first-order valence-corrected chi connectivity index (χ1v) is 7.48. The van der Waals surface area contributed by atoms with Crippen molar-refractivity contribution < 1.29 is 13.2 Å². The van der Waals surface area contributed by atoms with Crippen molar-refractivity contribution >= 4 is 27.3 Å². The van der Waals surface area contributed by atoms with Crippen LogP contribution >= 0.6 is 11.6 Å². The van der Waals surface area contributed by atoms with Crippen molar-refractivity contribution in [3.05, 3.63) is 0 Å². The third kappa shape index (κ3) is 3.34. The lowest BCUT2D eigenvalue weighted by molar-refractivity contribution is -0.129. The molecule has 1 heterocycles. The van der Waals surface area contributed by atoms with E-state index in [9.17, 15) is 13.2 Å². The summed E-state index contributed by atoms with van der Waals surface area (Å²) in [5, 5.41) is 0. The first-order valence-electron chi connectivity index (χ1n) is 4.88. The fourth-order valence-electron chi connectivity index (χ4n) is 1.86. The minimum absolute atomic E-state index is 0.0130.